The smallest absolute Gasteiger partial charge is 0.227 e. The molecule has 0 spiro atoms. The minimum Gasteiger partial charge on any atom is -0.324 e. The fourth-order valence-electron chi connectivity index (χ4n) is 1.43. The number of rotatable bonds is 2. The Morgan fingerprint density at radius 3 is 2.81 bits per heavy atom. The van der Waals surface area contributed by atoms with Gasteiger partial charge in [-0.2, -0.15) is 0 Å². The van der Waals surface area contributed by atoms with Crippen LogP contribution in [0.5, 0.6) is 0 Å². The van der Waals surface area contributed by atoms with Gasteiger partial charge in [0.2, 0.25) is 5.95 Å². The highest BCUT2D eigenvalue weighted by Crippen LogP contribution is 2.22. The van der Waals surface area contributed by atoms with E-state index in [4.69, 9.17) is 0 Å². The van der Waals surface area contributed by atoms with Gasteiger partial charge in [-0.05, 0) is 24.3 Å². The van der Waals surface area contributed by atoms with Crippen molar-refractivity contribution in [3.8, 4) is 0 Å². The van der Waals surface area contributed by atoms with E-state index >= 15 is 0 Å². The summed E-state index contributed by atoms with van der Waals surface area (Å²) in [5.74, 6) is 0.603. The van der Waals surface area contributed by atoms with Gasteiger partial charge < -0.3 is 5.32 Å². The first-order chi connectivity index (χ1) is 7.92. The molecule has 0 aliphatic rings. The highest BCUT2D eigenvalue weighted by Gasteiger charge is 2.00. The van der Waals surface area contributed by atoms with Gasteiger partial charge in [0.25, 0.3) is 0 Å². The summed E-state index contributed by atoms with van der Waals surface area (Å²) in [5, 5.41) is 3.14. The molecular weight excluding hydrogens is 220 g/mol. The molecule has 2 heterocycles. The summed E-state index contributed by atoms with van der Waals surface area (Å²) in [4.78, 5) is 12.4. The predicted octanol–water partition coefficient (Wildman–Crippen LogP) is 2.83. The van der Waals surface area contributed by atoms with E-state index in [2.05, 4.69) is 20.3 Å². The van der Waals surface area contributed by atoms with Crippen LogP contribution in [0.25, 0.3) is 10.2 Å². The first-order valence-corrected chi connectivity index (χ1v) is 5.67. The highest BCUT2D eigenvalue weighted by molar-refractivity contribution is 7.16. The molecule has 1 aromatic carbocycles. The zero-order valence-corrected chi connectivity index (χ0v) is 9.11. The van der Waals surface area contributed by atoms with Gasteiger partial charge in [0.05, 0.1) is 15.7 Å². The minimum atomic E-state index is 0.603. The van der Waals surface area contributed by atoms with Crippen molar-refractivity contribution < 1.29 is 0 Å². The van der Waals surface area contributed by atoms with Crippen LogP contribution >= 0.6 is 11.3 Å². The minimum absolute atomic E-state index is 0.603. The SMILES string of the molecule is c1cnc(Nc2ccc3ncsc3c2)nc1. The Morgan fingerprint density at radius 2 is 1.94 bits per heavy atom. The Bertz CT molecular complexity index is 605. The van der Waals surface area contributed by atoms with Gasteiger partial charge in [0.1, 0.15) is 0 Å². The molecule has 16 heavy (non-hydrogen) atoms. The maximum absolute atomic E-state index is 4.23. The predicted molar refractivity (Wildman–Crippen MR) is 64.9 cm³/mol. The van der Waals surface area contributed by atoms with Gasteiger partial charge in [-0.25, -0.2) is 15.0 Å². The normalized spacial score (nSPS) is 10.5. The molecule has 2 aromatic heterocycles. The molecule has 3 rings (SSSR count). The molecule has 0 saturated heterocycles. The molecule has 78 valence electrons. The topological polar surface area (TPSA) is 50.7 Å². The Balaban J connectivity index is 1.94. The molecule has 0 aliphatic carbocycles. The quantitative estimate of drug-likeness (QED) is 0.732. The molecule has 0 radical (unpaired) electrons. The van der Waals surface area contributed by atoms with Crippen molar-refractivity contribution in [2.24, 2.45) is 0 Å². The lowest BCUT2D eigenvalue weighted by molar-refractivity contribution is 1.17. The summed E-state index contributed by atoms with van der Waals surface area (Å²) in [7, 11) is 0. The first-order valence-electron chi connectivity index (χ1n) is 4.79. The van der Waals surface area contributed by atoms with Crippen molar-refractivity contribution in [2.75, 3.05) is 5.32 Å². The zero-order valence-electron chi connectivity index (χ0n) is 8.29. The molecule has 0 atom stereocenters. The number of aromatic nitrogens is 3. The number of hydrogen-bond acceptors (Lipinski definition) is 5. The van der Waals surface area contributed by atoms with Crippen LogP contribution in [0.2, 0.25) is 0 Å². The van der Waals surface area contributed by atoms with Crippen molar-refractivity contribution in [3.05, 3.63) is 42.2 Å². The van der Waals surface area contributed by atoms with Crippen molar-refractivity contribution in [1.29, 1.82) is 0 Å². The van der Waals surface area contributed by atoms with E-state index in [0.717, 1.165) is 15.9 Å². The van der Waals surface area contributed by atoms with E-state index in [1.807, 2.05) is 23.7 Å². The van der Waals surface area contributed by atoms with Gasteiger partial charge in [0.15, 0.2) is 0 Å². The van der Waals surface area contributed by atoms with Gasteiger partial charge in [-0.3, -0.25) is 0 Å². The van der Waals surface area contributed by atoms with Crippen LogP contribution in [0.15, 0.2) is 42.2 Å². The number of nitrogens with zero attached hydrogens (tertiary/aromatic N) is 3. The second kappa shape index (κ2) is 3.86. The summed E-state index contributed by atoms with van der Waals surface area (Å²) in [6, 6.07) is 7.79. The van der Waals surface area contributed by atoms with Crippen LogP contribution in [0.1, 0.15) is 0 Å². The van der Waals surface area contributed by atoms with Gasteiger partial charge in [0, 0.05) is 18.1 Å². The third-order valence-electron chi connectivity index (χ3n) is 2.15. The Labute approximate surface area is 96.0 Å². The summed E-state index contributed by atoms with van der Waals surface area (Å²) < 4.78 is 1.15. The molecule has 4 nitrogen and oxygen atoms in total. The molecular formula is C11H8N4S. The lowest BCUT2D eigenvalue weighted by Gasteiger charge is -2.03. The summed E-state index contributed by atoms with van der Waals surface area (Å²) >= 11 is 1.62. The van der Waals surface area contributed by atoms with E-state index in [0.29, 0.717) is 5.95 Å². The number of hydrogen-bond donors (Lipinski definition) is 1. The van der Waals surface area contributed by atoms with Crippen molar-refractivity contribution in [1.82, 2.24) is 15.0 Å². The molecule has 0 amide bonds. The van der Waals surface area contributed by atoms with Crippen molar-refractivity contribution in [3.63, 3.8) is 0 Å². The summed E-state index contributed by atoms with van der Waals surface area (Å²) in [6.07, 6.45) is 3.42. The molecule has 1 N–H and O–H groups in total. The summed E-state index contributed by atoms with van der Waals surface area (Å²) in [6.45, 7) is 0. The number of anilines is 2. The molecule has 0 unspecified atom stereocenters. The lowest BCUT2D eigenvalue weighted by atomic mass is 10.3. The average Bonchev–Trinajstić information content (AvgIpc) is 2.77. The van der Waals surface area contributed by atoms with E-state index in [-0.39, 0.29) is 0 Å². The fraction of sp³-hybridized carbons (Fsp3) is 0. The third-order valence-corrected chi connectivity index (χ3v) is 2.94. The number of fused-ring (bicyclic) bond motifs is 1. The van der Waals surface area contributed by atoms with Crippen LogP contribution in [0, 0.1) is 0 Å². The number of benzene rings is 1. The third kappa shape index (κ3) is 1.72. The summed E-state index contributed by atoms with van der Waals surface area (Å²) in [5.41, 5.74) is 3.83. The molecule has 0 aliphatic heterocycles. The van der Waals surface area contributed by atoms with Gasteiger partial charge in [-0.1, -0.05) is 0 Å². The van der Waals surface area contributed by atoms with E-state index in [9.17, 15) is 0 Å². The van der Waals surface area contributed by atoms with Crippen LogP contribution in [-0.2, 0) is 0 Å². The average molecular weight is 228 g/mol. The van der Waals surface area contributed by atoms with Crippen molar-refractivity contribution >= 4 is 33.2 Å². The number of nitrogens with one attached hydrogen (secondary N) is 1. The van der Waals surface area contributed by atoms with Crippen LogP contribution in [0.4, 0.5) is 11.6 Å². The standard InChI is InChI=1S/C11H8N4S/c1-4-12-11(13-5-1)15-8-2-3-9-10(6-8)16-7-14-9/h1-7H,(H,12,13,15). The maximum Gasteiger partial charge on any atom is 0.227 e. The number of thiazole rings is 1. The Kier molecular flexibility index (Phi) is 2.23. The maximum atomic E-state index is 4.23. The van der Waals surface area contributed by atoms with E-state index in [1.165, 1.54) is 0 Å². The Hall–Kier alpha value is -2.01. The molecule has 0 saturated carbocycles. The molecule has 5 heteroatoms. The van der Waals surface area contributed by atoms with Crippen LogP contribution in [0.3, 0.4) is 0 Å². The molecule has 0 fully saturated rings. The van der Waals surface area contributed by atoms with E-state index < -0.39 is 0 Å². The second-order valence-corrected chi connectivity index (χ2v) is 4.12. The zero-order chi connectivity index (χ0) is 10.8. The second-order valence-electron chi connectivity index (χ2n) is 3.23. The van der Waals surface area contributed by atoms with Gasteiger partial charge >= 0.3 is 0 Å². The molecule has 3 aromatic rings. The molecule has 0 bridgehead atoms. The largest absolute Gasteiger partial charge is 0.324 e. The van der Waals surface area contributed by atoms with Crippen molar-refractivity contribution in [2.45, 2.75) is 0 Å². The van der Waals surface area contributed by atoms with Gasteiger partial charge in [-0.15, -0.1) is 11.3 Å². The first kappa shape index (κ1) is 9.23. The lowest BCUT2D eigenvalue weighted by Crippen LogP contribution is -1.94. The Morgan fingerprint density at radius 1 is 1.06 bits per heavy atom. The van der Waals surface area contributed by atoms with Crippen LogP contribution in [-0.4, -0.2) is 15.0 Å². The fourth-order valence-corrected chi connectivity index (χ4v) is 2.14. The van der Waals surface area contributed by atoms with Crippen LogP contribution < -0.4 is 5.32 Å². The van der Waals surface area contributed by atoms with E-state index in [1.54, 1.807) is 29.8 Å². The monoisotopic (exact) mass is 228 g/mol. The highest BCUT2D eigenvalue weighted by atomic mass is 32.1.